The number of nitrogens with zero attached hydrogens (tertiary/aromatic N) is 2. The Labute approximate surface area is 127 Å². The van der Waals surface area contributed by atoms with Gasteiger partial charge in [-0.1, -0.05) is 22.0 Å². The first kappa shape index (κ1) is 13.9. The van der Waals surface area contributed by atoms with E-state index in [1.165, 1.54) is 0 Å². The SMILES string of the molecule is C[C@@H](O)c1ccc(N2CCN3C(=O)CCC3C2)cc1Br. The number of amides is 1. The number of halogens is 1. The summed E-state index contributed by atoms with van der Waals surface area (Å²) in [5.41, 5.74) is 2.06. The van der Waals surface area contributed by atoms with Crippen LogP contribution in [0.4, 0.5) is 5.69 Å². The Morgan fingerprint density at radius 1 is 1.40 bits per heavy atom. The van der Waals surface area contributed by atoms with Gasteiger partial charge in [0.25, 0.3) is 0 Å². The average Bonchev–Trinajstić information content (AvgIpc) is 2.79. The van der Waals surface area contributed by atoms with Crippen molar-refractivity contribution in [1.29, 1.82) is 0 Å². The number of carbonyl (C=O) groups excluding carboxylic acids is 1. The van der Waals surface area contributed by atoms with Gasteiger partial charge in [-0.25, -0.2) is 0 Å². The quantitative estimate of drug-likeness (QED) is 0.899. The maximum Gasteiger partial charge on any atom is 0.223 e. The van der Waals surface area contributed by atoms with Gasteiger partial charge in [0.05, 0.1) is 6.10 Å². The van der Waals surface area contributed by atoms with Crippen molar-refractivity contribution >= 4 is 27.5 Å². The van der Waals surface area contributed by atoms with Crippen molar-refractivity contribution in [2.45, 2.75) is 31.9 Å². The molecule has 2 fully saturated rings. The molecular formula is C15H19BrN2O2. The second-order valence-corrected chi connectivity index (χ2v) is 6.46. The van der Waals surface area contributed by atoms with E-state index >= 15 is 0 Å². The van der Waals surface area contributed by atoms with Crippen molar-refractivity contribution in [2.24, 2.45) is 0 Å². The molecule has 2 atom stereocenters. The van der Waals surface area contributed by atoms with E-state index < -0.39 is 6.10 Å². The Balaban J connectivity index is 1.77. The molecule has 5 heteroatoms. The zero-order valence-electron chi connectivity index (χ0n) is 11.6. The lowest BCUT2D eigenvalue weighted by atomic mass is 10.1. The Kier molecular flexibility index (Phi) is 3.73. The van der Waals surface area contributed by atoms with Gasteiger partial charge in [-0.05, 0) is 31.0 Å². The first-order chi connectivity index (χ1) is 9.56. The normalized spacial score (nSPS) is 23.9. The van der Waals surface area contributed by atoms with Gasteiger partial charge >= 0.3 is 0 Å². The second kappa shape index (κ2) is 5.37. The molecule has 1 unspecified atom stereocenters. The lowest BCUT2D eigenvalue weighted by molar-refractivity contribution is -0.129. The summed E-state index contributed by atoms with van der Waals surface area (Å²) in [5, 5.41) is 9.67. The Morgan fingerprint density at radius 3 is 2.90 bits per heavy atom. The fourth-order valence-corrected chi connectivity index (χ4v) is 3.85. The van der Waals surface area contributed by atoms with E-state index in [0.717, 1.165) is 41.8 Å². The summed E-state index contributed by atoms with van der Waals surface area (Å²) in [7, 11) is 0. The largest absolute Gasteiger partial charge is 0.389 e. The number of rotatable bonds is 2. The molecule has 0 aromatic heterocycles. The summed E-state index contributed by atoms with van der Waals surface area (Å²) in [6.07, 6.45) is 1.20. The van der Waals surface area contributed by atoms with Gasteiger partial charge in [0, 0.05) is 42.3 Å². The second-order valence-electron chi connectivity index (χ2n) is 5.61. The minimum Gasteiger partial charge on any atom is -0.389 e. The Hall–Kier alpha value is -1.07. The van der Waals surface area contributed by atoms with Crippen LogP contribution in [0, 0.1) is 0 Å². The molecule has 2 aliphatic rings. The van der Waals surface area contributed by atoms with Gasteiger partial charge in [0.2, 0.25) is 5.91 Å². The summed E-state index contributed by atoms with van der Waals surface area (Å²) in [5.74, 6) is 0.306. The van der Waals surface area contributed by atoms with Crippen molar-refractivity contribution in [3.05, 3.63) is 28.2 Å². The van der Waals surface area contributed by atoms with Crippen LogP contribution in [0.3, 0.4) is 0 Å². The lowest BCUT2D eigenvalue weighted by Gasteiger charge is -2.39. The van der Waals surface area contributed by atoms with Gasteiger partial charge in [0.15, 0.2) is 0 Å². The average molecular weight is 339 g/mol. The van der Waals surface area contributed by atoms with Crippen molar-refractivity contribution in [3.63, 3.8) is 0 Å². The first-order valence-corrected chi connectivity index (χ1v) is 7.87. The number of carbonyl (C=O) groups is 1. The summed E-state index contributed by atoms with van der Waals surface area (Å²) < 4.78 is 0.940. The molecule has 1 aromatic carbocycles. The van der Waals surface area contributed by atoms with Gasteiger partial charge < -0.3 is 14.9 Å². The molecule has 0 radical (unpaired) electrons. The molecule has 2 saturated heterocycles. The minimum absolute atomic E-state index is 0.306. The van der Waals surface area contributed by atoms with Crippen molar-refractivity contribution in [3.8, 4) is 0 Å². The Bertz CT molecular complexity index is 533. The third-order valence-corrected chi connectivity index (χ3v) is 4.98. The molecule has 3 rings (SSSR count). The van der Waals surface area contributed by atoms with Crippen LogP contribution in [0.5, 0.6) is 0 Å². The van der Waals surface area contributed by atoms with Crippen LogP contribution in [-0.4, -0.2) is 41.6 Å². The summed E-state index contributed by atoms with van der Waals surface area (Å²) >= 11 is 3.53. The fraction of sp³-hybridized carbons (Fsp3) is 0.533. The predicted octanol–water partition coefficient (Wildman–Crippen LogP) is 2.31. The molecular weight excluding hydrogens is 320 g/mol. The fourth-order valence-electron chi connectivity index (χ4n) is 3.15. The van der Waals surface area contributed by atoms with Gasteiger partial charge in [-0.3, -0.25) is 4.79 Å². The molecule has 0 spiro atoms. The molecule has 0 saturated carbocycles. The highest BCUT2D eigenvalue weighted by atomic mass is 79.9. The van der Waals surface area contributed by atoms with Crippen molar-refractivity contribution < 1.29 is 9.90 Å². The van der Waals surface area contributed by atoms with E-state index in [1.807, 2.05) is 11.0 Å². The maximum absolute atomic E-state index is 11.7. The van der Waals surface area contributed by atoms with E-state index in [0.29, 0.717) is 18.4 Å². The van der Waals surface area contributed by atoms with Crippen LogP contribution < -0.4 is 4.90 Å². The molecule has 1 amide bonds. The molecule has 4 nitrogen and oxygen atoms in total. The molecule has 0 bridgehead atoms. The highest BCUT2D eigenvalue weighted by molar-refractivity contribution is 9.10. The molecule has 108 valence electrons. The number of piperazine rings is 1. The van der Waals surface area contributed by atoms with E-state index in [1.54, 1.807) is 6.92 Å². The standard InChI is InChI=1S/C15H19BrN2O2/c1-10(19)13-4-2-11(8-14(13)16)17-6-7-18-12(9-17)3-5-15(18)20/h2,4,8,10,12,19H,3,5-7,9H2,1H3/t10-,12?/m1/s1. The number of aliphatic hydroxyl groups excluding tert-OH is 1. The number of aliphatic hydroxyl groups is 1. The number of anilines is 1. The lowest BCUT2D eigenvalue weighted by Crippen LogP contribution is -2.51. The zero-order chi connectivity index (χ0) is 14.3. The third kappa shape index (κ3) is 2.44. The summed E-state index contributed by atoms with van der Waals surface area (Å²) in [4.78, 5) is 16.1. The third-order valence-electron chi connectivity index (χ3n) is 4.29. The van der Waals surface area contributed by atoms with Crippen LogP contribution in [0.2, 0.25) is 0 Å². The van der Waals surface area contributed by atoms with Crippen LogP contribution in [0.1, 0.15) is 31.4 Å². The molecule has 2 aliphatic heterocycles. The van der Waals surface area contributed by atoms with Crippen LogP contribution in [0.15, 0.2) is 22.7 Å². The number of hydrogen-bond donors (Lipinski definition) is 1. The highest BCUT2D eigenvalue weighted by Crippen LogP contribution is 2.31. The molecule has 20 heavy (non-hydrogen) atoms. The minimum atomic E-state index is -0.470. The van der Waals surface area contributed by atoms with Gasteiger partial charge in [-0.15, -0.1) is 0 Å². The van der Waals surface area contributed by atoms with Crippen molar-refractivity contribution in [1.82, 2.24) is 4.90 Å². The highest BCUT2D eigenvalue weighted by Gasteiger charge is 2.35. The monoisotopic (exact) mass is 338 g/mol. The molecule has 1 aromatic rings. The molecule has 1 N–H and O–H groups in total. The van der Waals surface area contributed by atoms with Crippen LogP contribution >= 0.6 is 15.9 Å². The summed E-state index contributed by atoms with van der Waals surface area (Å²) in [6, 6.07) is 6.45. The van der Waals surface area contributed by atoms with Crippen LogP contribution in [-0.2, 0) is 4.79 Å². The molecule has 0 aliphatic carbocycles. The van der Waals surface area contributed by atoms with Crippen molar-refractivity contribution in [2.75, 3.05) is 24.5 Å². The van der Waals surface area contributed by atoms with Gasteiger partial charge in [-0.2, -0.15) is 0 Å². The van der Waals surface area contributed by atoms with E-state index in [2.05, 4.69) is 33.0 Å². The topological polar surface area (TPSA) is 43.8 Å². The first-order valence-electron chi connectivity index (χ1n) is 7.08. The zero-order valence-corrected chi connectivity index (χ0v) is 13.1. The maximum atomic E-state index is 11.7. The van der Waals surface area contributed by atoms with Gasteiger partial charge in [0.1, 0.15) is 0 Å². The number of fused-ring (bicyclic) bond motifs is 1. The summed E-state index contributed by atoms with van der Waals surface area (Å²) in [6.45, 7) is 4.37. The van der Waals surface area contributed by atoms with E-state index in [9.17, 15) is 9.90 Å². The number of benzene rings is 1. The Morgan fingerprint density at radius 2 is 2.20 bits per heavy atom. The smallest absolute Gasteiger partial charge is 0.223 e. The van der Waals surface area contributed by atoms with Crippen LogP contribution in [0.25, 0.3) is 0 Å². The van der Waals surface area contributed by atoms with E-state index in [4.69, 9.17) is 0 Å². The van der Waals surface area contributed by atoms with E-state index in [-0.39, 0.29) is 0 Å². The predicted molar refractivity (Wildman–Crippen MR) is 81.7 cm³/mol. The molecule has 2 heterocycles. The number of hydrogen-bond acceptors (Lipinski definition) is 3.